The fourth-order valence-electron chi connectivity index (χ4n) is 0.808. The Labute approximate surface area is 89.4 Å². The molecule has 0 amide bonds. The van der Waals surface area contributed by atoms with Crippen molar-refractivity contribution in [2.45, 2.75) is 5.03 Å². The molecule has 0 saturated heterocycles. The Morgan fingerprint density at radius 2 is 2.14 bits per heavy atom. The lowest BCUT2D eigenvalue weighted by Crippen LogP contribution is -2.02. The molecule has 0 fully saturated rings. The van der Waals surface area contributed by atoms with Crippen LogP contribution in [0.1, 0.15) is 10.5 Å². The fraction of sp³-hybridized carbons (Fsp3) is 0.167. The zero-order chi connectivity index (χ0) is 10.9. The molecule has 8 heteroatoms. The van der Waals surface area contributed by atoms with Crippen LogP contribution >= 0.6 is 22.3 Å². The molecule has 0 atom stereocenters. The van der Waals surface area contributed by atoms with E-state index >= 15 is 0 Å². The van der Waals surface area contributed by atoms with Crippen LogP contribution in [0.3, 0.4) is 0 Å². The van der Waals surface area contributed by atoms with Crippen LogP contribution in [-0.2, 0) is 13.8 Å². The summed E-state index contributed by atoms with van der Waals surface area (Å²) < 4.78 is 26.1. The maximum absolute atomic E-state index is 11.0. The van der Waals surface area contributed by atoms with Crippen LogP contribution in [0.25, 0.3) is 0 Å². The quantitative estimate of drug-likeness (QED) is 0.642. The number of hydrogen-bond acceptors (Lipinski definition) is 4. The van der Waals surface area contributed by atoms with Crippen molar-refractivity contribution in [3.8, 4) is 0 Å². The number of hydrogen-bond donors (Lipinski definition) is 1. The minimum atomic E-state index is -3.98. The lowest BCUT2D eigenvalue weighted by atomic mass is 10.4. The highest BCUT2D eigenvalue weighted by molar-refractivity contribution is 8.13. The lowest BCUT2D eigenvalue weighted by molar-refractivity contribution is 0.0594. The Bertz CT molecular complexity index is 464. The summed E-state index contributed by atoms with van der Waals surface area (Å²) >= 11 is 5.53. The average Bonchev–Trinajstić information content (AvgIpc) is 2.45. The highest BCUT2D eigenvalue weighted by Crippen LogP contribution is 2.25. The van der Waals surface area contributed by atoms with Gasteiger partial charge in [0, 0.05) is 10.7 Å². The van der Waals surface area contributed by atoms with Crippen molar-refractivity contribution in [2.24, 2.45) is 0 Å². The van der Waals surface area contributed by atoms with Crippen molar-refractivity contribution in [3.63, 3.8) is 0 Å². The second kappa shape index (κ2) is 3.80. The summed E-state index contributed by atoms with van der Waals surface area (Å²) in [5.41, 5.74) is -0.0725. The topological polar surface area (TPSA) is 76.2 Å². The first kappa shape index (κ1) is 11.4. The number of esters is 1. The van der Waals surface area contributed by atoms with E-state index in [1.165, 1.54) is 0 Å². The zero-order valence-electron chi connectivity index (χ0n) is 6.87. The predicted molar refractivity (Wildman–Crippen MR) is 50.2 cm³/mol. The van der Waals surface area contributed by atoms with Gasteiger partial charge < -0.3 is 9.72 Å². The van der Waals surface area contributed by atoms with Gasteiger partial charge in [-0.05, 0) is 6.07 Å². The molecule has 5 nitrogen and oxygen atoms in total. The number of halogens is 2. The van der Waals surface area contributed by atoms with Crippen molar-refractivity contribution in [3.05, 3.63) is 16.8 Å². The molecule has 1 aromatic rings. The minimum absolute atomic E-state index is 0.0725. The maximum Gasteiger partial charge on any atom is 0.354 e. The van der Waals surface area contributed by atoms with E-state index in [0.29, 0.717) is 0 Å². The first-order valence-electron chi connectivity index (χ1n) is 3.27. The van der Waals surface area contributed by atoms with Crippen LogP contribution in [0.15, 0.2) is 11.1 Å². The molecule has 0 aliphatic rings. The Morgan fingerprint density at radius 3 is 2.50 bits per heavy atom. The van der Waals surface area contributed by atoms with E-state index in [0.717, 1.165) is 13.2 Å². The summed E-state index contributed by atoms with van der Waals surface area (Å²) in [5.74, 6) is -0.724. The number of methoxy groups -OCH3 is 1. The smallest absolute Gasteiger partial charge is 0.354 e. The summed E-state index contributed by atoms with van der Waals surface area (Å²) in [5, 5.41) is -0.568. The van der Waals surface area contributed by atoms with Crippen LogP contribution in [0.4, 0.5) is 0 Å². The van der Waals surface area contributed by atoms with Crippen molar-refractivity contribution in [1.29, 1.82) is 0 Å². The monoisotopic (exact) mass is 257 g/mol. The highest BCUT2D eigenvalue weighted by Gasteiger charge is 2.21. The zero-order valence-corrected chi connectivity index (χ0v) is 9.20. The molecular formula is C6H5Cl2NO4S. The molecule has 0 radical (unpaired) electrons. The van der Waals surface area contributed by atoms with Crippen LogP contribution in [0.2, 0.25) is 5.02 Å². The van der Waals surface area contributed by atoms with E-state index in [1.807, 2.05) is 0 Å². The Hall–Kier alpha value is -0.720. The Kier molecular flexibility index (Phi) is 3.08. The van der Waals surface area contributed by atoms with Crippen LogP contribution in [0.5, 0.6) is 0 Å². The van der Waals surface area contributed by atoms with Gasteiger partial charge in [-0.15, -0.1) is 0 Å². The van der Waals surface area contributed by atoms with Gasteiger partial charge in [0.05, 0.1) is 12.1 Å². The van der Waals surface area contributed by atoms with Crippen LogP contribution in [0, 0.1) is 0 Å². The summed E-state index contributed by atoms with van der Waals surface area (Å²) in [4.78, 5) is 13.2. The minimum Gasteiger partial charge on any atom is -0.464 e. The number of ether oxygens (including phenoxy) is 1. The summed E-state index contributed by atoms with van der Waals surface area (Å²) in [6, 6.07) is 1.13. The van der Waals surface area contributed by atoms with E-state index in [1.54, 1.807) is 0 Å². The third-order valence-corrected chi connectivity index (χ3v) is 3.07. The van der Waals surface area contributed by atoms with E-state index < -0.39 is 20.0 Å². The largest absolute Gasteiger partial charge is 0.464 e. The maximum atomic E-state index is 11.0. The van der Waals surface area contributed by atoms with Gasteiger partial charge in [0.1, 0.15) is 5.69 Å². The standard InChI is InChI=1S/C6H5Cl2NO4S/c1-13-6(10)4-2-3(7)5(9-4)14(8,11)12/h2,9H,1H3. The predicted octanol–water partition coefficient (Wildman–Crippen LogP) is 1.38. The van der Waals surface area contributed by atoms with E-state index in [9.17, 15) is 13.2 Å². The van der Waals surface area contributed by atoms with Gasteiger partial charge in [-0.25, -0.2) is 13.2 Å². The Balaban J connectivity index is 3.25. The van der Waals surface area contributed by atoms with Gasteiger partial charge in [-0.2, -0.15) is 0 Å². The first-order valence-corrected chi connectivity index (χ1v) is 5.96. The summed E-state index contributed by atoms with van der Waals surface area (Å²) in [7, 11) is 2.21. The van der Waals surface area contributed by atoms with Crippen molar-refractivity contribution >= 4 is 37.3 Å². The molecule has 78 valence electrons. The Morgan fingerprint density at radius 1 is 1.57 bits per heavy atom. The second-order valence-electron chi connectivity index (χ2n) is 2.29. The number of aromatic amines is 1. The van der Waals surface area contributed by atoms with Gasteiger partial charge in [-0.1, -0.05) is 11.6 Å². The van der Waals surface area contributed by atoms with Gasteiger partial charge in [0.2, 0.25) is 0 Å². The van der Waals surface area contributed by atoms with Gasteiger partial charge in [-0.3, -0.25) is 0 Å². The second-order valence-corrected chi connectivity index (χ2v) is 5.20. The van der Waals surface area contributed by atoms with Crippen LogP contribution < -0.4 is 0 Å². The van der Waals surface area contributed by atoms with Crippen molar-refractivity contribution < 1.29 is 17.9 Å². The van der Waals surface area contributed by atoms with Gasteiger partial charge in [0.25, 0.3) is 9.05 Å². The number of carbonyl (C=O) groups excluding carboxylic acids is 1. The van der Waals surface area contributed by atoms with Crippen LogP contribution in [-0.4, -0.2) is 26.5 Å². The molecule has 0 bridgehead atoms. The molecule has 0 unspecified atom stereocenters. The molecule has 0 aromatic carbocycles. The summed E-state index contributed by atoms with van der Waals surface area (Å²) in [6.45, 7) is 0. The summed E-state index contributed by atoms with van der Waals surface area (Å²) in [6.07, 6.45) is 0. The molecule has 14 heavy (non-hydrogen) atoms. The average molecular weight is 258 g/mol. The van der Waals surface area contributed by atoms with E-state index in [-0.39, 0.29) is 10.7 Å². The molecule has 0 aliphatic heterocycles. The van der Waals surface area contributed by atoms with Crippen molar-refractivity contribution in [2.75, 3.05) is 7.11 Å². The number of rotatable bonds is 2. The fourth-order valence-corrected chi connectivity index (χ4v) is 2.28. The molecule has 1 heterocycles. The molecule has 0 aliphatic carbocycles. The number of H-pyrrole nitrogens is 1. The third kappa shape index (κ3) is 2.20. The normalized spacial score (nSPS) is 11.4. The molecule has 0 saturated carbocycles. The third-order valence-electron chi connectivity index (χ3n) is 1.39. The van der Waals surface area contributed by atoms with Gasteiger partial charge in [0.15, 0.2) is 5.03 Å². The van der Waals surface area contributed by atoms with Crippen molar-refractivity contribution in [1.82, 2.24) is 4.98 Å². The number of aromatic nitrogens is 1. The molecule has 1 N–H and O–H groups in total. The molecule has 0 spiro atoms. The number of nitrogens with one attached hydrogen (secondary N) is 1. The van der Waals surface area contributed by atoms with E-state index in [4.69, 9.17) is 22.3 Å². The van der Waals surface area contributed by atoms with E-state index in [2.05, 4.69) is 9.72 Å². The highest BCUT2D eigenvalue weighted by atomic mass is 35.7. The molecule has 1 rings (SSSR count). The first-order chi connectivity index (χ1) is 6.36. The van der Waals surface area contributed by atoms with Gasteiger partial charge >= 0.3 is 5.97 Å². The molecule has 1 aromatic heterocycles. The molecular weight excluding hydrogens is 253 g/mol. The number of carbonyl (C=O) groups is 1. The lowest BCUT2D eigenvalue weighted by Gasteiger charge is -1.93. The SMILES string of the molecule is COC(=O)c1cc(Cl)c(S(=O)(=O)Cl)[nH]1.